The molecule has 0 amide bonds. The van der Waals surface area contributed by atoms with E-state index in [4.69, 9.17) is 92.0 Å². The number of phosphoric ester groups is 4. The number of aromatic nitrogens is 16. The molecule has 504 valence electrons. The molecule has 8 aromatic rings. The van der Waals surface area contributed by atoms with Crippen LogP contribution in [0.3, 0.4) is 0 Å². The van der Waals surface area contributed by atoms with Gasteiger partial charge in [-0.05, 0) is 0 Å². The Balaban J connectivity index is 0.771. The van der Waals surface area contributed by atoms with Gasteiger partial charge in [-0.1, -0.05) is 0 Å². The minimum Gasteiger partial charge on any atom is -0.387 e. The Labute approximate surface area is 514 Å². The third kappa shape index (κ3) is 12.4. The van der Waals surface area contributed by atoms with E-state index in [0.717, 1.165) is 43.6 Å². The normalized spacial score (nSPS) is 30.5. The minimum absolute atomic E-state index is 0.0115. The van der Waals surface area contributed by atoms with Crippen molar-refractivity contribution in [2.45, 2.75) is 98.2 Å². The van der Waals surface area contributed by atoms with Crippen molar-refractivity contribution in [1.82, 2.24) is 78.1 Å². The molecule has 93 heavy (non-hydrogen) atoms. The van der Waals surface area contributed by atoms with Crippen LogP contribution in [0, 0.1) is 0 Å². The van der Waals surface area contributed by atoms with E-state index < -0.39 is 174 Å². The van der Waals surface area contributed by atoms with Crippen molar-refractivity contribution in [2.75, 3.05) is 72.3 Å². The number of hydrogen-bond donors (Lipinski definition) is 18. The van der Waals surface area contributed by atoms with Crippen LogP contribution in [0.5, 0.6) is 0 Å². The number of hydrogen-bond acceptors (Lipinski definition) is 40. The fraction of sp³-hybridized carbons (Fsp3) is 0.500. The zero-order valence-electron chi connectivity index (χ0n) is 46.5. The lowest BCUT2D eigenvalue weighted by Gasteiger charge is -2.26. The van der Waals surface area contributed by atoms with Crippen LogP contribution in [-0.4, -0.2) is 228 Å². The van der Waals surface area contributed by atoms with Crippen molar-refractivity contribution in [3.63, 3.8) is 0 Å². The number of nitrogens with zero attached hydrogens (tertiary/aromatic N) is 16. The maximum absolute atomic E-state index is 14.2. The molecule has 8 aromatic heterocycles. The summed E-state index contributed by atoms with van der Waals surface area (Å²) in [5.74, 6) is -2.43. The lowest BCUT2D eigenvalue weighted by atomic mass is 10.1. The number of fused-ring (bicyclic) bond motifs is 4. The van der Waals surface area contributed by atoms with Gasteiger partial charge >= 0.3 is 31.3 Å². The van der Waals surface area contributed by atoms with Gasteiger partial charge in [-0.2, -0.15) is 0 Å². The number of aliphatic hydroxyl groups is 5. The molecular formula is C40H54N24O25P4. The van der Waals surface area contributed by atoms with Gasteiger partial charge in [-0.3, -0.25) is 49.9 Å². The van der Waals surface area contributed by atoms with Crippen molar-refractivity contribution in [3.8, 4) is 0 Å². The van der Waals surface area contributed by atoms with E-state index in [2.05, 4.69) is 64.3 Å². The number of aliphatic hydroxyl groups excluding tert-OH is 5. The van der Waals surface area contributed by atoms with Gasteiger partial charge in [-0.25, -0.2) is 78.1 Å². The topological polar surface area (TPSA) is 755 Å². The van der Waals surface area contributed by atoms with Gasteiger partial charge in [0.25, 0.3) is 0 Å². The summed E-state index contributed by atoms with van der Waals surface area (Å²) < 4.78 is 118. The lowest BCUT2D eigenvalue weighted by molar-refractivity contribution is -0.0646. The second-order valence-electron chi connectivity index (χ2n) is 20.6. The van der Waals surface area contributed by atoms with Crippen LogP contribution < -0.4 is 45.9 Å². The van der Waals surface area contributed by atoms with Gasteiger partial charge in [0.1, 0.15) is 98.6 Å². The van der Waals surface area contributed by atoms with Gasteiger partial charge in [0.2, 0.25) is 23.8 Å². The molecule has 4 fully saturated rings. The first-order valence-corrected chi connectivity index (χ1v) is 32.5. The number of nitrogens with two attached hydrogens (primary N) is 8. The van der Waals surface area contributed by atoms with Crippen molar-refractivity contribution in [2.24, 2.45) is 0 Å². The molecule has 0 saturated carbocycles. The second kappa shape index (κ2) is 24.5. The van der Waals surface area contributed by atoms with Crippen LogP contribution in [-0.2, 0) is 68.9 Å². The van der Waals surface area contributed by atoms with Crippen LogP contribution in [0.15, 0.2) is 25.3 Å². The Bertz CT molecular complexity index is 4370. The maximum Gasteiger partial charge on any atom is 0.472 e. The Kier molecular flexibility index (Phi) is 17.3. The van der Waals surface area contributed by atoms with Crippen LogP contribution in [0.25, 0.3) is 44.7 Å². The zero-order chi connectivity index (χ0) is 66.7. The molecule has 0 spiro atoms. The summed E-state index contributed by atoms with van der Waals surface area (Å²) in [7, 11) is -22.2. The molecule has 4 saturated heterocycles. The summed E-state index contributed by atoms with van der Waals surface area (Å²) in [5.41, 5.74) is 47.6. The van der Waals surface area contributed by atoms with E-state index in [1.807, 2.05) is 0 Å². The number of imidazole rings is 4. The first-order valence-electron chi connectivity index (χ1n) is 26.5. The highest BCUT2D eigenvalue weighted by molar-refractivity contribution is 7.48. The van der Waals surface area contributed by atoms with E-state index in [1.165, 1.54) is 0 Å². The summed E-state index contributed by atoms with van der Waals surface area (Å²) in [5, 5.41) is 57.2. The minimum atomic E-state index is -5.74. The van der Waals surface area contributed by atoms with Gasteiger partial charge in [-0.15, -0.1) is 0 Å². The molecule has 19 unspecified atom stereocenters. The summed E-state index contributed by atoms with van der Waals surface area (Å²) in [6.07, 6.45) is -26.9. The molecule has 0 aliphatic carbocycles. The molecule has 26 N–H and O–H groups in total. The maximum atomic E-state index is 14.2. The molecule has 53 heteroatoms. The number of ether oxygens (including phenoxy) is 4. The Morgan fingerprint density at radius 3 is 0.892 bits per heavy atom. The lowest BCUT2D eigenvalue weighted by Crippen LogP contribution is -2.37. The Morgan fingerprint density at radius 1 is 0.366 bits per heavy atom. The second-order valence-corrected chi connectivity index (χ2v) is 26.0. The molecule has 49 nitrogen and oxygen atoms in total. The van der Waals surface area contributed by atoms with Crippen LogP contribution in [0.2, 0.25) is 0 Å². The highest BCUT2D eigenvalue weighted by Gasteiger charge is 2.56. The number of anilines is 8. The number of nitrogen functional groups attached to an aromatic ring is 8. The van der Waals surface area contributed by atoms with Crippen molar-refractivity contribution in [1.29, 1.82) is 0 Å². The van der Waals surface area contributed by atoms with E-state index in [0.29, 0.717) is 0 Å². The van der Waals surface area contributed by atoms with Crippen molar-refractivity contribution in [3.05, 3.63) is 25.3 Å². The molecule has 0 bridgehead atoms. The third-order valence-electron chi connectivity index (χ3n) is 14.8. The molecule has 0 aromatic carbocycles. The molecule has 12 rings (SSSR count). The van der Waals surface area contributed by atoms with Crippen LogP contribution >= 0.6 is 31.3 Å². The van der Waals surface area contributed by atoms with Gasteiger partial charge in [0, 0.05) is 0 Å². The van der Waals surface area contributed by atoms with E-state index in [9.17, 15) is 68.3 Å². The third-order valence-corrected chi connectivity index (χ3v) is 18.2. The van der Waals surface area contributed by atoms with Gasteiger partial charge in [0.15, 0.2) is 92.8 Å². The van der Waals surface area contributed by atoms with Gasteiger partial charge in [0.05, 0.1) is 26.4 Å². The van der Waals surface area contributed by atoms with Crippen LogP contribution in [0.4, 0.5) is 47.1 Å². The quantitative estimate of drug-likeness (QED) is 0.0281. The number of rotatable bonds is 22. The fourth-order valence-corrected chi connectivity index (χ4v) is 13.8. The first kappa shape index (κ1) is 65.7. The average Bonchev–Trinajstić information content (AvgIpc) is 1.63. The molecule has 19 atom stereocenters. The van der Waals surface area contributed by atoms with E-state index in [1.54, 1.807) is 0 Å². The Morgan fingerprint density at radius 2 is 0.613 bits per heavy atom. The highest BCUT2D eigenvalue weighted by Crippen LogP contribution is 2.55. The van der Waals surface area contributed by atoms with E-state index >= 15 is 0 Å². The van der Waals surface area contributed by atoms with E-state index in [-0.39, 0.29) is 73.9 Å². The number of phosphoric acid groups is 4. The van der Waals surface area contributed by atoms with Crippen molar-refractivity contribution >= 4 is 123 Å². The summed E-state index contributed by atoms with van der Waals surface area (Å²) >= 11 is 0. The zero-order valence-corrected chi connectivity index (χ0v) is 50.1. The highest BCUT2D eigenvalue weighted by atomic mass is 31.2. The average molecular weight is 1390 g/mol. The monoisotopic (exact) mass is 1390 g/mol. The Hall–Kier alpha value is -7.32. The predicted octanol–water partition coefficient (Wildman–Crippen LogP) is -5.99. The predicted molar refractivity (Wildman–Crippen MR) is 302 cm³/mol. The molecule has 12 heterocycles. The standard InChI is InChI=1S/C40H54N24O25P4/c41-25-13-29(53-5-49-25)61(37(45)57-13)33-21(69)17(65)9(83-33)2-80-91(73,74)88-23-19(67)11(85-35(23)63-31-15(59-39(63)47)27(43)51-7-55-31)4-82-93(77,78)89-24-20(68)12(86-36(24)64-32-16(60-40(64)48)28(44)52-8-56-32)3-81-92(75,76)87-22-18(66)10(1-79-90(70,71)72)84-34(22)62-30-14(58-38(62)46)26(42)50-6-54-30/h5-12,17-24,33-36,65-69H,1-4H2,(H2,45,57)(H2,46,58)(H2,47,59)(H2,48,60)(H,73,74)(H,75,76)(H,77,78)(H2,41,49,53)(H2,42,50,54)(H2,43,51,55)(H2,44,52,56)(H2,70,71,72). The smallest absolute Gasteiger partial charge is 0.387 e. The largest absolute Gasteiger partial charge is 0.472 e. The summed E-state index contributed by atoms with van der Waals surface area (Å²) in [6.45, 7) is -4.47. The fourth-order valence-electron chi connectivity index (χ4n) is 10.6. The molecule has 4 aliphatic rings. The van der Waals surface area contributed by atoms with Gasteiger partial charge < -0.3 is 115 Å². The first-order chi connectivity index (χ1) is 43.8. The van der Waals surface area contributed by atoms with Crippen molar-refractivity contribution < 1.29 is 119 Å². The SMILES string of the molecule is Nc1ncnc2c1nc(N)n2C1OC(COP(=O)(O)OC2C(O)C(COP(=O)(O)OC3C(O)C(COP(=O)(O)OC4C(O)C(COP(=O)(O)O)OC4n4c(N)nc5c(N)ncnc54)OC3n3c(N)nc4c(N)ncnc43)OC2n2c(N)nc3c(N)ncnc32)C(O)C1O. The summed E-state index contributed by atoms with van der Waals surface area (Å²) in [6, 6.07) is 0. The molecular weight excluding hydrogens is 1340 g/mol. The summed E-state index contributed by atoms with van der Waals surface area (Å²) in [4.78, 5) is 101. The molecule has 4 aliphatic heterocycles. The molecule has 0 radical (unpaired) electrons. The van der Waals surface area contributed by atoms with Crippen LogP contribution in [0.1, 0.15) is 24.9 Å².